The normalized spacial score (nSPS) is 16.8. The molecule has 0 saturated carbocycles. The van der Waals surface area contributed by atoms with E-state index in [0.29, 0.717) is 18.7 Å². The number of pyridine rings is 1. The quantitative estimate of drug-likeness (QED) is 0.855. The molecule has 7 nitrogen and oxygen atoms in total. The summed E-state index contributed by atoms with van der Waals surface area (Å²) < 4.78 is 0. The summed E-state index contributed by atoms with van der Waals surface area (Å²) in [6, 6.07) is 14.1. The van der Waals surface area contributed by atoms with Crippen molar-refractivity contribution in [1.29, 1.82) is 0 Å². The second-order valence-electron chi connectivity index (χ2n) is 5.60. The van der Waals surface area contributed by atoms with Crippen molar-refractivity contribution in [2.75, 3.05) is 11.6 Å². The predicted octanol–water partition coefficient (Wildman–Crippen LogP) is 1.08. The third-order valence-corrected chi connectivity index (χ3v) is 3.74. The number of anilines is 1. The van der Waals surface area contributed by atoms with Gasteiger partial charge in [-0.05, 0) is 31.2 Å². The second-order valence-corrected chi connectivity index (χ2v) is 5.60. The van der Waals surface area contributed by atoms with Crippen LogP contribution in [0.2, 0.25) is 0 Å². The molecule has 0 aliphatic carbocycles. The zero-order chi connectivity index (χ0) is 17.6. The van der Waals surface area contributed by atoms with Crippen molar-refractivity contribution in [1.82, 2.24) is 15.7 Å². The lowest BCUT2D eigenvalue weighted by Crippen LogP contribution is -2.58. The van der Waals surface area contributed by atoms with Gasteiger partial charge >= 0.3 is 0 Å². The molecule has 0 radical (unpaired) electrons. The van der Waals surface area contributed by atoms with E-state index in [1.807, 2.05) is 36.4 Å². The SMILES string of the molecule is C[C@@H]1N=C(C(=O)NCCc2ccccn2)NN(c2ccccc2)C1=O. The zero-order valence-electron chi connectivity index (χ0n) is 13.8. The smallest absolute Gasteiger partial charge is 0.288 e. The Balaban J connectivity index is 1.63. The predicted molar refractivity (Wildman–Crippen MR) is 94.9 cm³/mol. The number of para-hydroxylation sites is 1. The number of carbonyl (C=O) groups excluding carboxylic acids is 2. The number of aliphatic imine (C=N–C) groups is 1. The van der Waals surface area contributed by atoms with E-state index in [1.165, 1.54) is 5.01 Å². The highest BCUT2D eigenvalue weighted by Gasteiger charge is 2.30. The van der Waals surface area contributed by atoms with Gasteiger partial charge in [-0.1, -0.05) is 24.3 Å². The molecule has 0 spiro atoms. The third kappa shape index (κ3) is 4.00. The molecule has 1 atom stereocenters. The Hall–Kier alpha value is -3.22. The van der Waals surface area contributed by atoms with Crippen LogP contribution in [0, 0.1) is 0 Å². The molecule has 3 rings (SSSR count). The second kappa shape index (κ2) is 7.57. The van der Waals surface area contributed by atoms with Crippen LogP contribution in [0.1, 0.15) is 12.6 Å². The third-order valence-electron chi connectivity index (χ3n) is 3.74. The first-order valence-corrected chi connectivity index (χ1v) is 8.07. The average Bonchev–Trinajstić information content (AvgIpc) is 2.65. The molecular weight excluding hydrogens is 318 g/mol. The van der Waals surface area contributed by atoms with Crippen molar-refractivity contribution in [3.05, 3.63) is 60.4 Å². The van der Waals surface area contributed by atoms with Crippen molar-refractivity contribution in [2.45, 2.75) is 19.4 Å². The molecule has 0 bridgehead atoms. The lowest BCUT2D eigenvalue weighted by atomic mass is 10.2. The lowest BCUT2D eigenvalue weighted by molar-refractivity contribution is -0.120. The van der Waals surface area contributed by atoms with Crippen molar-refractivity contribution in [3.63, 3.8) is 0 Å². The first-order valence-electron chi connectivity index (χ1n) is 8.07. The molecular formula is C18H19N5O2. The van der Waals surface area contributed by atoms with Gasteiger partial charge in [-0.2, -0.15) is 0 Å². The molecule has 128 valence electrons. The molecule has 2 N–H and O–H groups in total. The minimum Gasteiger partial charge on any atom is -0.349 e. The molecule has 1 aliphatic rings. The number of benzene rings is 1. The minimum atomic E-state index is -0.627. The van der Waals surface area contributed by atoms with Crippen LogP contribution in [0.25, 0.3) is 0 Å². The van der Waals surface area contributed by atoms with Crippen LogP contribution in [0.3, 0.4) is 0 Å². The van der Waals surface area contributed by atoms with Crippen molar-refractivity contribution < 1.29 is 9.59 Å². The number of rotatable bonds is 5. The number of nitrogens with one attached hydrogen (secondary N) is 2. The number of carbonyl (C=O) groups is 2. The Kier molecular flexibility index (Phi) is 5.03. The Bertz CT molecular complexity index is 777. The summed E-state index contributed by atoms with van der Waals surface area (Å²) in [5.74, 6) is -0.440. The molecule has 1 aliphatic heterocycles. The van der Waals surface area contributed by atoms with Crippen LogP contribution in [0.15, 0.2) is 59.7 Å². The fourth-order valence-electron chi connectivity index (χ4n) is 2.44. The van der Waals surface area contributed by atoms with Gasteiger partial charge in [-0.3, -0.25) is 20.0 Å². The minimum absolute atomic E-state index is 0.122. The summed E-state index contributed by atoms with van der Waals surface area (Å²) in [5, 5.41) is 4.15. The monoisotopic (exact) mass is 337 g/mol. The van der Waals surface area contributed by atoms with Crippen LogP contribution in [-0.4, -0.2) is 35.2 Å². The largest absolute Gasteiger partial charge is 0.349 e. The van der Waals surface area contributed by atoms with Crippen molar-refractivity contribution in [3.8, 4) is 0 Å². The van der Waals surface area contributed by atoms with Crippen LogP contribution in [-0.2, 0) is 16.0 Å². The number of aromatic nitrogens is 1. The summed E-state index contributed by atoms with van der Waals surface area (Å²) in [5.41, 5.74) is 4.36. The Labute approximate surface area is 145 Å². The van der Waals surface area contributed by atoms with E-state index >= 15 is 0 Å². The maximum absolute atomic E-state index is 12.4. The van der Waals surface area contributed by atoms with Crippen molar-refractivity contribution >= 4 is 23.3 Å². The maximum Gasteiger partial charge on any atom is 0.288 e. The van der Waals surface area contributed by atoms with Gasteiger partial charge in [0, 0.05) is 24.9 Å². The fraction of sp³-hybridized carbons (Fsp3) is 0.222. The first-order chi connectivity index (χ1) is 12.1. The number of hydrogen-bond donors (Lipinski definition) is 2. The van der Waals surface area contributed by atoms with Crippen molar-refractivity contribution in [2.24, 2.45) is 4.99 Å². The Morgan fingerprint density at radius 2 is 1.96 bits per heavy atom. The van der Waals surface area contributed by atoms with Crippen LogP contribution in [0.5, 0.6) is 0 Å². The van der Waals surface area contributed by atoms with E-state index in [4.69, 9.17) is 0 Å². The molecule has 1 aromatic carbocycles. The van der Waals surface area contributed by atoms with Crippen LogP contribution in [0.4, 0.5) is 5.69 Å². The van der Waals surface area contributed by atoms with E-state index in [-0.39, 0.29) is 17.6 Å². The highest BCUT2D eigenvalue weighted by Crippen LogP contribution is 2.15. The first kappa shape index (κ1) is 16.6. The summed E-state index contributed by atoms with van der Waals surface area (Å²) in [4.78, 5) is 33.0. The van der Waals surface area contributed by atoms with Crippen LogP contribution >= 0.6 is 0 Å². The van der Waals surface area contributed by atoms with Gasteiger partial charge in [0.25, 0.3) is 11.8 Å². The summed E-state index contributed by atoms with van der Waals surface area (Å²) in [6.07, 6.45) is 2.34. The van der Waals surface area contributed by atoms with Gasteiger partial charge in [-0.15, -0.1) is 0 Å². The van der Waals surface area contributed by atoms with E-state index in [9.17, 15) is 9.59 Å². The lowest BCUT2D eigenvalue weighted by Gasteiger charge is -2.30. The number of nitrogens with zero attached hydrogens (tertiary/aromatic N) is 3. The van der Waals surface area contributed by atoms with E-state index in [1.54, 1.807) is 25.3 Å². The average molecular weight is 337 g/mol. The highest BCUT2D eigenvalue weighted by atomic mass is 16.2. The number of hydrazine groups is 1. The van der Waals surface area contributed by atoms with Gasteiger partial charge in [0.1, 0.15) is 6.04 Å². The van der Waals surface area contributed by atoms with Crippen LogP contribution < -0.4 is 15.8 Å². The Morgan fingerprint density at radius 1 is 1.20 bits per heavy atom. The summed E-state index contributed by atoms with van der Waals surface area (Å²) in [7, 11) is 0. The topological polar surface area (TPSA) is 86.7 Å². The van der Waals surface area contributed by atoms with Gasteiger partial charge in [0.2, 0.25) is 5.84 Å². The molecule has 2 amide bonds. The molecule has 7 heteroatoms. The zero-order valence-corrected chi connectivity index (χ0v) is 13.8. The highest BCUT2D eigenvalue weighted by molar-refractivity contribution is 6.39. The molecule has 0 saturated heterocycles. The standard InChI is InChI=1S/C18H19N5O2/c1-13-18(25)23(15-8-3-2-4-9-15)22-16(21-13)17(24)20-12-10-14-7-5-6-11-19-14/h2-9,11,13H,10,12H2,1H3,(H,20,24)(H,21,22)/t13-/m0/s1. The molecule has 2 heterocycles. The maximum atomic E-state index is 12.4. The summed E-state index contributed by atoms with van der Waals surface area (Å²) in [6.45, 7) is 2.10. The number of hydrogen-bond acceptors (Lipinski definition) is 5. The number of amidine groups is 1. The molecule has 2 aromatic rings. The van der Waals surface area contributed by atoms with E-state index in [2.05, 4.69) is 20.7 Å². The molecule has 0 unspecified atom stereocenters. The number of amides is 2. The van der Waals surface area contributed by atoms with Gasteiger partial charge in [0.05, 0.1) is 5.69 Å². The Morgan fingerprint density at radius 3 is 2.68 bits per heavy atom. The fourth-order valence-corrected chi connectivity index (χ4v) is 2.44. The molecule has 1 aromatic heterocycles. The molecule has 25 heavy (non-hydrogen) atoms. The van der Waals surface area contributed by atoms with Gasteiger partial charge < -0.3 is 5.32 Å². The van der Waals surface area contributed by atoms with Gasteiger partial charge in [0.15, 0.2) is 0 Å². The summed E-state index contributed by atoms with van der Waals surface area (Å²) >= 11 is 0. The van der Waals surface area contributed by atoms with E-state index < -0.39 is 6.04 Å². The molecule has 0 fully saturated rings. The van der Waals surface area contributed by atoms with Gasteiger partial charge in [-0.25, -0.2) is 10.0 Å². The van der Waals surface area contributed by atoms with E-state index in [0.717, 1.165) is 5.69 Å².